The lowest BCUT2D eigenvalue weighted by atomic mass is 10.1. The van der Waals surface area contributed by atoms with Gasteiger partial charge in [0, 0.05) is 12.2 Å². The highest BCUT2D eigenvalue weighted by molar-refractivity contribution is 6.83. The van der Waals surface area contributed by atoms with Crippen molar-refractivity contribution in [1.29, 1.82) is 0 Å². The van der Waals surface area contributed by atoms with E-state index in [4.69, 9.17) is 4.74 Å². The lowest BCUT2D eigenvalue weighted by Gasteiger charge is -2.45. The first-order valence-electron chi connectivity index (χ1n) is 15.2. The molecule has 0 aliphatic heterocycles. The number of carbonyl (C=O) groups is 1. The SMILES string of the molecule is CCCCCCCCN(c1ccc(C(=O)Oc2ccccc2)cc1)[Si](CCCC)(CCCC)CCCC. The molecular formula is C33H53NO2Si. The molecule has 0 unspecified atom stereocenters. The average Bonchev–Trinajstić information content (AvgIpc) is 2.93. The number of benzene rings is 2. The standard InChI is InChI=1S/C33H53NO2Si/c1-5-9-13-14-15-19-26-34(37(27-10-6-2,28-11-7-3)29-12-8-4)31-24-22-30(23-25-31)33(35)36-32-20-17-16-18-21-32/h16-18,20-25H,5-15,19,26-29H2,1-4H3. The molecule has 0 heterocycles. The normalized spacial score (nSPS) is 11.5. The topological polar surface area (TPSA) is 29.5 Å². The first-order valence-corrected chi connectivity index (χ1v) is 17.8. The van der Waals surface area contributed by atoms with Crippen LogP contribution in [0.4, 0.5) is 5.69 Å². The zero-order valence-corrected chi connectivity index (χ0v) is 25.3. The maximum absolute atomic E-state index is 12.8. The van der Waals surface area contributed by atoms with Crippen molar-refractivity contribution in [3.8, 4) is 5.75 Å². The number of esters is 1. The number of anilines is 1. The van der Waals surface area contributed by atoms with Crippen LogP contribution in [-0.2, 0) is 0 Å². The van der Waals surface area contributed by atoms with Crippen LogP contribution in [0.2, 0.25) is 18.1 Å². The number of ether oxygens (including phenoxy) is 1. The van der Waals surface area contributed by atoms with E-state index >= 15 is 0 Å². The average molecular weight is 524 g/mol. The van der Waals surface area contributed by atoms with Gasteiger partial charge in [-0.3, -0.25) is 0 Å². The van der Waals surface area contributed by atoms with E-state index < -0.39 is 8.24 Å². The highest BCUT2D eigenvalue weighted by Gasteiger charge is 2.38. The van der Waals surface area contributed by atoms with Gasteiger partial charge in [0.1, 0.15) is 5.75 Å². The summed E-state index contributed by atoms with van der Waals surface area (Å²) in [5.41, 5.74) is 1.94. The molecule has 0 aliphatic rings. The molecule has 0 aromatic heterocycles. The molecule has 206 valence electrons. The van der Waals surface area contributed by atoms with E-state index in [0.29, 0.717) is 11.3 Å². The molecule has 2 aromatic carbocycles. The number of nitrogens with zero attached hydrogens (tertiary/aromatic N) is 1. The molecule has 0 fully saturated rings. The predicted octanol–water partition coefficient (Wildman–Crippen LogP) is 10.4. The van der Waals surface area contributed by atoms with E-state index in [1.165, 1.54) is 101 Å². The Balaban J connectivity index is 2.30. The summed E-state index contributed by atoms with van der Waals surface area (Å²) in [6, 6.07) is 21.9. The van der Waals surface area contributed by atoms with Crippen LogP contribution in [0, 0.1) is 0 Å². The molecule has 0 bridgehead atoms. The molecule has 0 N–H and O–H groups in total. The fourth-order valence-electron chi connectivity index (χ4n) is 5.42. The van der Waals surface area contributed by atoms with Gasteiger partial charge in [-0.05, 0) is 61.0 Å². The Bertz CT molecular complexity index is 831. The molecule has 2 rings (SSSR count). The number of carbonyl (C=O) groups excluding carboxylic acids is 1. The minimum absolute atomic E-state index is 0.285. The molecule has 0 saturated carbocycles. The second-order valence-electron chi connectivity index (χ2n) is 10.7. The van der Waals surface area contributed by atoms with Gasteiger partial charge in [-0.1, -0.05) is 117 Å². The Morgan fingerprint density at radius 2 is 1.16 bits per heavy atom. The van der Waals surface area contributed by atoms with Crippen molar-refractivity contribution in [2.45, 2.75) is 123 Å². The van der Waals surface area contributed by atoms with Crippen LogP contribution < -0.4 is 9.30 Å². The van der Waals surface area contributed by atoms with Crippen molar-refractivity contribution in [1.82, 2.24) is 0 Å². The van der Waals surface area contributed by atoms with Crippen LogP contribution in [0.1, 0.15) is 115 Å². The van der Waals surface area contributed by atoms with Crippen LogP contribution in [0.5, 0.6) is 5.75 Å². The Morgan fingerprint density at radius 1 is 0.649 bits per heavy atom. The molecule has 0 aliphatic carbocycles. The molecule has 0 saturated heterocycles. The quantitative estimate of drug-likeness (QED) is 0.0748. The minimum atomic E-state index is -1.69. The number of para-hydroxylation sites is 1. The van der Waals surface area contributed by atoms with Crippen molar-refractivity contribution < 1.29 is 9.53 Å². The smallest absolute Gasteiger partial charge is 0.343 e. The molecule has 3 nitrogen and oxygen atoms in total. The third kappa shape index (κ3) is 10.7. The second kappa shape index (κ2) is 18.2. The van der Waals surface area contributed by atoms with E-state index in [0.717, 1.165) is 6.54 Å². The van der Waals surface area contributed by atoms with Gasteiger partial charge in [0.2, 0.25) is 0 Å². The fourth-order valence-corrected chi connectivity index (χ4v) is 11.3. The van der Waals surface area contributed by atoms with Crippen LogP contribution in [-0.4, -0.2) is 20.7 Å². The van der Waals surface area contributed by atoms with Gasteiger partial charge in [0.05, 0.1) is 5.56 Å². The van der Waals surface area contributed by atoms with E-state index in [-0.39, 0.29) is 5.97 Å². The van der Waals surface area contributed by atoms with E-state index in [1.807, 2.05) is 42.5 Å². The maximum Gasteiger partial charge on any atom is 0.343 e. The van der Waals surface area contributed by atoms with E-state index in [9.17, 15) is 4.79 Å². The maximum atomic E-state index is 12.8. The molecule has 0 atom stereocenters. The summed E-state index contributed by atoms with van der Waals surface area (Å²) in [5, 5.41) is 0. The summed E-state index contributed by atoms with van der Waals surface area (Å²) in [6.07, 6.45) is 15.7. The van der Waals surface area contributed by atoms with Crippen molar-refractivity contribution in [3.05, 3.63) is 60.2 Å². The predicted molar refractivity (Wildman–Crippen MR) is 163 cm³/mol. The Labute approximate surface area is 229 Å². The van der Waals surface area contributed by atoms with Gasteiger partial charge in [-0.2, -0.15) is 0 Å². The summed E-state index contributed by atoms with van der Waals surface area (Å²) >= 11 is 0. The van der Waals surface area contributed by atoms with E-state index in [2.05, 4.69) is 44.4 Å². The molecule has 0 amide bonds. The molecule has 0 spiro atoms. The summed E-state index contributed by atoms with van der Waals surface area (Å²) in [7, 11) is -1.69. The number of hydrogen-bond donors (Lipinski definition) is 0. The number of rotatable bonds is 20. The Morgan fingerprint density at radius 3 is 1.70 bits per heavy atom. The molecule has 4 heteroatoms. The monoisotopic (exact) mass is 523 g/mol. The fraction of sp³-hybridized carbons (Fsp3) is 0.606. The van der Waals surface area contributed by atoms with Crippen LogP contribution in [0.3, 0.4) is 0 Å². The minimum Gasteiger partial charge on any atom is -0.423 e. The van der Waals surface area contributed by atoms with Crippen LogP contribution in [0.25, 0.3) is 0 Å². The number of unbranched alkanes of at least 4 members (excludes halogenated alkanes) is 8. The van der Waals surface area contributed by atoms with Crippen molar-refractivity contribution >= 4 is 19.9 Å². The van der Waals surface area contributed by atoms with Crippen LogP contribution in [0.15, 0.2) is 54.6 Å². The highest BCUT2D eigenvalue weighted by atomic mass is 28.3. The zero-order chi connectivity index (χ0) is 26.8. The molecule has 0 radical (unpaired) electrons. The van der Waals surface area contributed by atoms with Crippen molar-refractivity contribution in [3.63, 3.8) is 0 Å². The summed E-state index contributed by atoms with van der Waals surface area (Å²) < 4.78 is 8.48. The van der Waals surface area contributed by atoms with Gasteiger partial charge < -0.3 is 9.30 Å². The Hall–Kier alpha value is -2.07. The third-order valence-corrected chi connectivity index (χ3v) is 13.1. The first-order chi connectivity index (χ1) is 18.1. The van der Waals surface area contributed by atoms with Crippen LogP contribution >= 0.6 is 0 Å². The molecular weight excluding hydrogens is 470 g/mol. The highest BCUT2D eigenvalue weighted by Crippen LogP contribution is 2.36. The third-order valence-electron chi connectivity index (χ3n) is 7.66. The lowest BCUT2D eigenvalue weighted by Crippen LogP contribution is -2.54. The lowest BCUT2D eigenvalue weighted by molar-refractivity contribution is 0.0735. The summed E-state index contributed by atoms with van der Waals surface area (Å²) in [6.45, 7) is 10.5. The van der Waals surface area contributed by atoms with Gasteiger partial charge in [0.15, 0.2) is 8.24 Å². The summed E-state index contributed by atoms with van der Waals surface area (Å²) in [5.74, 6) is 0.304. The van der Waals surface area contributed by atoms with Gasteiger partial charge >= 0.3 is 5.97 Å². The first kappa shape index (κ1) is 31.1. The zero-order valence-electron chi connectivity index (χ0n) is 24.3. The van der Waals surface area contributed by atoms with Gasteiger partial charge in [0.25, 0.3) is 0 Å². The van der Waals surface area contributed by atoms with Crippen molar-refractivity contribution in [2.75, 3.05) is 11.1 Å². The van der Waals surface area contributed by atoms with Crippen molar-refractivity contribution in [2.24, 2.45) is 0 Å². The van der Waals surface area contributed by atoms with Gasteiger partial charge in [-0.25, -0.2) is 4.79 Å². The molecule has 2 aromatic rings. The second-order valence-corrected chi connectivity index (χ2v) is 15.2. The number of hydrogen-bond acceptors (Lipinski definition) is 3. The largest absolute Gasteiger partial charge is 0.423 e. The summed E-state index contributed by atoms with van der Waals surface area (Å²) in [4.78, 5) is 12.8. The molecule has 37 heavy (non-hydrogen) atoms. The Kier molecular flexibility index (Phi) is 15.3. The van der Waals surface area contributed by atoms with E-state index in [1.54, 1.807) is 0 Å². The van der Waals surface area contributed by atoms with Gasteiger partial charge in [-0.15, -0.1) is 0 Å².